The summed E-state index contributed by atoms with van der Waals surface area (Å²) in [6, 6.07) is 4.43. The molecule has 1 amide bonds. The molecule has 0 heterocycles. The molecule has 104 valence electrons. The first-order valence-electron chi connectivity index (χ1n) is 6.23. The van der Waals surface area contributed by atoms with Crippen LogP contribution in [0.5, 0.6) is 5.75 Å². The first-order valence-corrected chi connectivity index (χ1v) is 6.23. The number of rotatable bonds is 7. The number of carbonyl (C=O) groups is 1. The number of carbonyl (C=O) groups excluding carboxylic acids is 1. The number of nitro groups is 1. The first kappa shape index (κ1) is 14.9. The highest BCUT2D eigenvalue weighted by Gasteiger charge is 2.16. The molecule has 0 aromatic heterocycles. The molecule has 1 rings (SSSR count). The molecule has 0 bridgehead atoms. The molecule has 1 aromatic carbocycles. The molecule has 0 fully saturated rings. The van der Waals surface area contributed by atoms with Gasteiger partial charge in [-0.2, -0.15) is 0 Å². The fraction of sp³-hybridized carbons (Fsp3) is 0.462. The number of nitrogens with one attached hydrogen (secondary N) is 1. The second-order valence-corrected chi connectivity index (χ2v) is 4.17. The maximum atomic E-state index is 11.0. The molecule has 0 aliphatic rings. The van der Waals surface area contributed by atoms with Crippen LogP contribution < -0.4 is 10.1 Å². The van der Waals surface area contributed by atoms with Crippen molar-refractivity contribution in [3.05, 3.63) is 28.3 Å². The van der Waals surface area contributed by atoms with Gasteiger partial charge in [0.05, 0.1) is 17.6 Å². The molecule has 1 N–H and O–H groups in total. The molecule has 0 spiro atoms. The Labute approximate surface area is 111 Å². The van der Waals surface area contributed by atoms with Gasteiger partial charge in [0, 0.05) is 6.92 Å². The standard InChI is InChI=1S/C13H18N2O4/c1-3-4-5-8-19-11-6-7-12(14-10(2)16)13(9-11)15(17)18/h6-7,9H,3-5,8H2,1-2H3,(H,14,16). The number of hydrogen-bond acceptors (Lipinski definition) is 4. The van der Waals surface area contributed by atoms with Gasteiger partial charge in [0.25, 0.3) is 5.69 Å². The van der Waals surface area contributed by atoms with Crippen molar-refractivity contribution in [3.63, 3.8) is 0 Å². The molecule has 0 radical (unpaired) electrons. The zero-order valence-corrected chi connectivity index (χ0v) is 11.1. The Bertz CT molecular complexity index is 460. The van der Waals surface area contributed by atoms with Crippen molar-refractivity contribution < 1.29 is 14.5 Å². The quantitative estimate of drug-likeness (QED) is 0.467. The monoisotopic (exact) mass is 266 g/mol. The fourth-order valence-corrected chi connectivity index (χ4v) is 1.59. The zero-order valence-electron chi connectivity index (χ0n) is 11.1. The molecule has 0 atom stereocenters. The van der Waals surface area contributed by atoms with Crippen LogP contribution in [0.4, 0.5) is 11.4 Å². The summed E-state index contributed by atoms with van der Waals surface area (Å²) in [4.78, 5) is 21.3. The topological polar surface area (TPSA) is 81.5 Å². The molecule has 6 heteroatoms. The highest BCUT2D eigenvalue weighted by Crippen LogP contribution is 2.29. The summed E-state index contributed by atoms with van der Waals surface area (Å²) in [5, 5.41) is 13.4. The average molecular weight is 266 g/mol. The summed E-state index contributed by atoms with van der Waals surface area (Å²) in [6.07, 6.45) is 3.06. The lowest BCUT2D eigenvalue weighted by Crippen LogP contribution is -2.08. The van der Waals surface area contributed by atoms with E-state index in [0.29, 0.717) is 12.4 Å². The van der Waals surface area contributed by atoms with E-state index in [1.807, 2.05) is 0 Å². The van der Waals surface area contributed by atoms with Gasteiger partial charge in [-0.25, -0.2) is 0 Å². The molecule has 0 aliphatic carbocycles. The number of nitrogens with zero attached hydrogens (tertiary/aromatic N) is 1. The second-order valence-electron chi connectivity index (χ2n) is 4.17. The average Bonchev–Trinajstić information content (AvgIpc) is 2.35. The maximum Gasteiger partial charge on any atom is 0.296 e. The van der Waals surface area contributed by atoms with Gasteiger partial charge >= 0.3 is 0 Å². The summed E-state index contributed by atoms with van der Waals surface area (Å²) < 4.78 is 5.44. The van der Waals surface area contributed by atoms with Gasteiger partial charge in [-0.15, -0.1) is 0 Å². The number of anilines is 1. The van der Waals surface area contributed by atoms with Crippen LogP contribution in [0.2, 0.25) is 0 Å². The highest BCUT2D eigenvalue weighted by molar-refractivity contribution is 5.91. The smallest absolute Gasteiger partial charge is 0.296 e. The number of amides is 1. The Kier molecular flexibility index (Phi) is 5.78. The third kappa shape index (κ3) is 4.95. The van der Waals surface area contributed by atoms with E-state index >= 15 is 0 Å². The predicted octanol–water partition coefficient (Wildman–Crippen LogP) is 3.12. The van der Waals surface area contributed by atoms with Crippen molar-refractivity contribution in [1.82, 2.24) is 0 Å². The molecule has 1 aromatic rings. The number of unbranched alkanes of at least 4 members (excludes halogenated alkanes) is 2. The lowest BCUT2D eigenvalue weighted by atomic mass is 10.2. The van der Waals surface area contributed by atoms with Crippen LogP contribution in [0, 0.1) is 10.1 Å². The van der Waals surface area contributed by atoms with Gasteiger partial charge in [-0.05, 0) is 18.6 Å². The van der Waals surface area contributed by atoms with Gasteiger partial charge in [-0.1, -0.05) is 19.8 Å². The van der Waals surface area contributed by atoms with Gasteiger partial charge in [-0.3, -0.25) is 14.9 Å². The third-order valence-corrected chi connectivity index (χ3v) is 2.49. The second kappa shape index (κ2) is 7.35. The normalized spacial score (nSPS) is 10.0. The third-order valence-electron chi connectivity index (χ3n) is 2.49. The number of nitro benzene ring substituents is 1. The number of hydrogen-bond donors (Lipinski definition) is 1. The molecule has 19 heavy (non-hydrogen) atoms. The van der Waals surface area contributed by atoms with Crippen molar-refractivity contribution in [2.75, 3.05) is 11.9 Å². The SMILES string of the molecule is CCCCCOc1ccc(NC(C)=O)c([N+](=O)[O-])c1. The zero-order chi connectivity index (χ0) is 14.3. The molecule has 0 unspecified atom stereocenters. The van der Waals surface area contributed by atoms with E-state index in [4.69, 9.17) is 4.74 Å². The summed E-state index contributed by atoms with van der Waals surface area (Å²) >= 11 is 0. The molecular weight excluding hydrogens is 248 g/mol. The van der Waals surface area contributed by atoms with Crippen molar-refractivity contribution in [1.29, 1.82) is 0 Å². The summed E-state index contributed by atoms with van der Waals surface area (Å²) in [5.41, 5.74) is 0.0154. The Morgan fingerprint density at radius 1 is 1.42 bits per heavy atom. The van der Waals surface area contributed by atoms with Crippen LogP contribution >= 0.6 is 0 Å². The minimum Gasteiger partial charge on any atom is -0.493 e. The van der Waals surface area contributed by atoms with E-state index in [1.165, 1.54) is 19.1 Å². The van der Waals surface area contributed by atoms with Crippen LogP contribution in [0.25, 0.3) is 0 Å². The highest BCUT2D eigenvalue weighted by atomic mass is 16.6. The van der Waals surface area contributed by atoms with Crippen molar-refractivity contribution in [2.24, 2.45) is 0 Å². The van der Waals surface area contributed by atoms with E-state index in [1.54, 1.807) is 6.07 Å². The summed E-state index contributed by atoms with van der Waals surface area (Å²) in [7, 11) is 0. The summed E-state index contributed by atoms with van der Waals surface area (Å²) in [6.45, 7) is 3.93. The van der Waals surface area contributed by atoms with Crippen molar-refractivity contribution in [2.45, 2.75) is 33.1 Å². The molecule has 0 saturated carbocycles. The van der Waals surface area contributed by atoms with E-state index < -0.39 is 4.92 Å². The van der Waals surface area contributed by atoms with E-state index in [-0.39, 0.29) is 17.3 Å². The van der Waals surface area contributed by atoms with Gasteiger partial charge in [0.1, 0.15) is 11.4 Å². The Hall–Kier alpha value is -2.11. The Morgan fingerprint density at radius 3 is 2.74 bits per heavy atom. The predicted molar refractivity (Wildman–Crippen MR) is 72.4 cm³/mol. The van der Waals surface area contributed by atoms with Crippen molar-refractivity contribution >= 4 is 17.3 Å². The Balaban J connectivity index is 2.78. The van der Waals surface area contributed by atoms with E-state index in [0.717, 1.165) is 19.3 Å². The molecular formula is C13H18N2O4. The molecule has 6 nitrogen and oxygen atoms in total. The Morgan fingerprint density at radius 2 is 2.16 bits per heavy atom. The summed E-state index contributed by atoms with van der Waals surface area (Å²) in [5.74, 6) is 0.0941. The number of ether oxygens (including phenoxy) is 1. The van der Waals surface area contributed by atoms with Crippen LogP contribution in [-0.4, -0.2) is 17.4 Å². The van der Waals surface area contributed by atoms with Gasteiger partial charge < -0.3 is 10.1 Å². The van der Waals surface area contributed by atoms with Crippen molar-refractivity contribution in [3.8, 4) is 5.75 Å². The van der Waals surface area contributed by atoms with Crippen LogP contribution in [-0.2, 0) is 4.79 Å². The van der Waals surface area contributed by atoms with Crippen LogP contribution in [0.15, 0.2) is 18.2 Å². The van der Waals surface area contributed by atoms with Crippen LogP contribution in [0.1, 0.15) is 33.1 Å². The minimum absolute atomic E-state index is 0.164. The lowest BCUT2D eigenvalue weighted by Gasteiger charge is -2.08. The fourth-order valence-electron chi connectivity index (χ4n) is 1.59. The lowest BCUT2D eigenvalue weighted by molar-refractivity contribution is -0.384. The van der Waals surface area contributed by atoms with Gasteiger partial charge in [0.15, 0.2) is 0 Å². The van der Waals surface area contributed by atoms with Crippen LogP contribution in [0.3, 0.4) is 0 Å². The van der Waals surface area contributed by atoms with Gasteiger partial charge in [0.2, 0.25) is 5.91 Å². The maximum absolute atomic E-state index is 11.0. The van der Waals surface area contributed by atoms with E-state index in [9.17, 15) is 14.9 Å². The van der Waals surface area contributed by atoms with E-state index in [2.05, 4.69) is 12.2 Å². The largest absolute Gasteiger partial charge is 0.493 e. The molecule has 0 saturated heterocycles. The minimum atomic E-state index is -0.538. The number of benzene rings is 1. The molecule has 0 aliphatic heterocycles. The first-order chi connectivity index (χ1) is 9.04.